The van der Waals surface area contributed by atoms with Gasteiger partial charge in [-0.3, -0.25) is 4.79 Å². The zero-order valence-corrected chi connectivity index (χ0v) is 12.0. The SMILES string of the molecule is Cc1cc(C)c(C2=C([O-])C(C)(C)CC2=O)c(C)c1F. The zero-order chi connectivity index (χ0) is 14.5. The molecule has 0 aliphatic heterocycles. The summed E-state index contributed by atoms with van der Waals surface area (Å²) in [6.07, 6.45) is 0.204. The molecule has 0 saturated heterocycles. The summed E-state index contributed by atoms with van der Waals surface area (Å²) in [5.41, 5.74) is 1.71. The van der Waals surface area contributed by atoms with E-state index in [1.165, 1.54) is 0 Å². The van der Waals surface area contributed by atoms with Crippen LogP contribution in [0.4, 0.5) is 4.39 Å². The van der Waals surface area contributed by atoms with Crippen molar-refractivity contribution in [1.82, 2.24) is 0 Å². The van der Waals surface area contributed by atoms with Crippen LogP contribution in [-0.2, 0) is 4.79 Å². The molecule has 0 aromatic heterocycles. The quantitative estimate of drug-likeness (QED) is 0.780. The molecule has 0 bridgehead atoms. The Hall–Kier alpha value is -1.64. The molecule has 0 saturated carbocycles. The second-order valence-electron chi connectivity index (χ2n) is 6.01. The van der Waals surface area contributed by atoms with Gasteiger partial charge in [-0.05, 0) is 48.4 Å². The number of rotatable bonds is 1. The lowest BCUT2D eigenvalue weighted by molar-refractivity contribution is -0.320. The van der Waals surface area contributed by atoms with Crippen molar-refractivity contribution < 1.29 is 14.3 Å². The molecule has 0 spiro atoms. The monoisotopic (exact) mass is 261 g/mol. The number of carbonyl (C=O) groups excluding carboxylic acids is 1. The van der Waals surface area contributed by atoms with Crippen molar-refractivity contribution in [2.45, 2.75) is 41.0 Å². The van der Waals surface area contributed by atoms with E-state index in [2.05, 4.69) is 0 Å². The van der Waals surface area contributed by atoms with Gasteiger partial charge in [0, 0.05) is 12.0 Å². The highest BCUT2D eigenvalue weighted by atomic mass is 19.1. The van der Waals surface area contributed by atoms with Crippen LogP contribution in [0.25, 0.3) is 5.57 Å². The summed E-state index contributed by atoms with van der Waals surface area (Å²) < 4.78 is 14.0. The minimum Gasteiger partial charge on any atom is -0.875 e. The maximum Gasteiger partial charge on any atom is 0.163 e. The van der Waals surface area contributed by atoms with Crippen LogP contribution >= 0.6 is 0 Å². The predicted molar refractivity (Wildman–Crippen MR) is 70.9 cm³/mol. The number of aryl methyl sites for hydroxylation is 2. The molecule has 3 heteroatoms. The van der Waals surface area contributed by atoms with Crippen LogP contribution in [0.5, 0.6) is 0 Å². The molecule has 2 nitrogen and oxygen atoms in total. The van der Waals surface area contributed by atoms with E-state index in [0.29, 0.717) is 16.7 Å². The minimum atomic E-state index is -0.674. The van der Waals surface area contributed by atoms with E-state index in [1.54, 1.807) is 33.8 Å². The van der Waals surface area contributed by atoms with E-state index < -0.39 is 5.41 Å². The molecule has 1 aromatic carbocycles. The average molecular weight is 261 g/mol. The Kier molecular flexibility index (Phi) is 3.04. The fraction of sp³-hybridized carbons (Fsp3) is 0.438. The summed E-state index contributed by atoms with van der Waals surface area (Å²) in [7, 11) is 0. The number of hydrogen-bond donors (Lipinski definition) is 0. The Morgan fingerprint density at radius 3 is 2.26 bits per heavy atom. The smallest absolute Gasteiger partial charge is 0.163 e. The highest BCUT2D eigenvalue weighted by Gasteiger charge is 2.35. The lowest BCUT2D eigenvalue weighted by Gasteiger charge is -2.27. The number of Topliss-reactive ketones (excluding diaryl/α,β-unsaturated/α-hetero) is 1. The van der Waals surface area contributed by atoms with Gasteiger partial charge in [-0.1, -0.05) is 19.9 Å². The summed E-state index contributed by atoms with van der Waals surface area (Å²) in [6, 6.07) is 1.69. The summed E-state index contributed by atoms with van der Waals surface area (Å²) in [6.45, 7) is 8.65. The Bertz CT molecular complexity index is 610. The number of halogens is 1. The first kappa shape index (κ1) is 13.8. The Balaban J connectivity index is 2.77. The molecule has 0 radical (unpaired) electrons. The molecular formula is C16H18FO2-. The topological polar surface area (TPSA) is 40.1 Å². The maximum atomic E-state index is 14.0. The first-order valence-electron chi connectivity index (χ1n) is 6.38. The van der Waals surface area contributed by atoms with Gasteiger partial charge in [-0.15, -0.1) is 5.76 Å². The van der Waals surface area contributed by atoms with Gasteiger partial charge in [-0.25, -0.2) is 4.39 Å². The molecule has 0 fully saturated rings. The van der Waals surface area contributed by atoms with E-state index in [9.17, 15) is 14.3 Å². The Morgan fingerprint density at radius 2 is 1.79 bits per heavy atom. The molecule has 2 rings (SSSR count). The van der Waals surface area contributed by atoms with E-state index in [0.717, 1.165) is 5.56 Å². The fourth-order valence-corrected chi connectivity index (χ4v) is 2.83. The Morgan fingerprint density at radius 1 is 1.21 bits per heavy atom. The second-order valence-corrected chi connectivity index (χ2v) is 6.01. The molecular weight excluding hydrogens is 243 g/mol. The number of carbonyl (C=O) groups is 1. The van der Waals surface area contributed by atoms with Crippen LogP contribution < -0.4 is 5.11 Å². The summed E-state index contributed by atoms with van der Waals surface area (Å²) in [5.74, 6) is -0.685. The number of benzene rings is 1. The second kappa shape index (κ2) is 4.19. The van der Waals surface area contributed by atoms with Gasteiger partial charge < -0.3 is 5.11 Å². The van der Waals surface area contributed by atoms with Crippen LogP contribution in [-0.4, -0.2) is 5.78 Å². The van der Waals surface area contributed by atoms with Crippen molar-refractivity contribution in [1.29, 1.82) is 0 Å². The summed E-state index contributed by atoms with van der Waals surface area (Å²) >= 11 is 0. The first-order valence-corrected chi connectivity index (χ1v) is 6.38. The largest absolute Gasteiger partial charge is 0.875 e. The van der Waals surface area contributed by atoms with Crippen molar-refractivity contribution in [3.8, 4) is 0 Å². The van der Waals surface area contributed by atoms with E-state index in [4.69, 9.17) is 0 Å². The normalized spacial score (nSPS) is 18.3. The lowest BCUT2D eigenvalue weighted by Crippen LogP contribution is -2.20. The molecule has 0 unspecified atom stereocenters. The minimum absolute atomic E-state index is 0.174. The van der Waals surface area contributed by atoms with E-state index in [-0.39, 0.29) is 29.4 Å². The van der Waals surface area contributed by atoms with Crippen LogP contribution in [0.15, 0.2) is 11.8 Å². The van der Waals surface area contributed by atoms with Crippen LogP contribution in [0.2, 0.25) is 0 Å². The van der Waals surface area contributed by atoms with Gasteiger partial charge in [0.1, 0.15) is 5.82 Å². The molecule has 0 heterocycles. The standard InChI is InChI=1S/C16H19FO2/c1-8-6-9(2)14(17)10(3)12(8)13-11(18)7-16(4,5)15(13)19/h6,19H,7H2,1-5H3/p-1. The van der Waals surface area contributed by atoms with Gasteiger partial charge in [0.2, 0.25) is 0 Å². The molecule has 1 aromatic rings. The number of ketones is 1. The molecule has 102 valence electrons. The lowest BCUT2D eigenvalue weighted by atomic mass is 9.90. The Labute approximate surface area is 113 Å². The third-order valence-electron chi connectivity index (χ3n) is 3.85. The van der Waals surface area contributed by atoms with E-state index in [1.807, 2.05) is 6.92 Å². The van der Waals surface area contributed by atoms with Gasteiger partial charge in [0.15, 0.2) is 5.78 Å². The van der Waals surface area contributed by atoms with Crippen LogP contribution in [0, 0.1) is 32.0 Å². The number of allylic oxidation sites excluding steroid dienone is 2. The van der Waals surface area contributed by atoms with Gasteiger partial charge in [0.05, 0.1) is 0 Å². The molecule has 1 aliphatic rings. The van der Waals surface area contributed by atoms with Crippen molar-refractivity contribution in [3.05, 3.63) is 39.9 Å². The highest BCUT2D eigenvalue weighted by Crippen LogP contribution is 2.43. The molecule has 0 N–H and O–H groups in total. The fourth-order valence-electron chi connectivity index (χ4n) is 2.83. The maximum absolute atomic E-state index is 14.0. The zero-order valence-electron chi connectivity index (χ0n) is 12.0. The van der Waals surface area contributed by atoms with Gasteiger partial charge in [0.25, 0.3) is 0 Å². The summed E-state index contributed by atoms with van der Waals surface area (Å²) in [4.78, 5) is 12.1. The van der Waals surface area contributed by atoms with E-state index >= 15 is 0 Å². The highest BCUT2D eigenvalue weighted by molar-refractivity contribution is 6.24. The predicted octanol–water partition coefficient (Wildman–Crippen LogP) is 2.82. The first-order chi connectivity index (χ1) is 8.66. The van der Waals surface area contributed by atoms with Crippen molar-refractivity contribution in [2.24, 2.45) is 5.41 Å². The molecule has 1 aliphatic carbocycles. The number of hydrogen-bond acceptors (Lipinski definition) is 2. The third kappa shape index (κ3) is 1.97. The van der Waals surface area contributed by atoms with Crippen molar-refractivity contribution in [3.63, 3.8) is 0 Å². The van der Waals surface area contributed by atoms with Gasteiger partial charge in [-0.2, -0.15) is 0 Å². The van der Waals surface area contributed by atoms with Gasteiger partial charge >= 0.3 is 0 Å². The summed E-state index contributed by atoms with van der Waals surface area (Å²) in [5, 5.41) is 12.4. The van der Waals surface area contributed by atoms with Crippen molar-refractivity contribution >= 4 is 11.4 Å². The average Bonchev–Trinajstić information content (AvgIpc) is 2.48. The van der Waals surface area contributed by atoms with Crippen molar-refractivity contribution in [2.75, 3.05) is 0 Å². The molecule has 0 atom stereocenters. The van der Waals surface area contributed by atoms with Crippen LogP contribution in [0.1, 0.15) is 42.5 Å². The molecule has 19 heavy (non-hydrogen) atoms. The van der Waals surface area contributed by atoms with Crippen LogP contribution in [0.3, 0.4) is 0 Å². The molecule has 0 amide bonds. The third-order valence-corrected chi connectivity index (χ3v) is 3.85.